The highest BCUT2D eigenvalue weighted by Crippen LogP contribution is 2.13. The number of hydrogen-bond donors (Lipinski definition) is 1. The van der Waals surface area contributed by atoms with Crippen LogP contribution in [0.5, 0.6) is 0 Å². The van der Waals surface area contributed by atoms with Crippen molar-refractivity contribution >= 4 is 5.91 Å². The summed E-state index contributed by atoms with van der Waals surface area (Å²) in [4.78, 5) is 33.5. The fraction of sp³-hybridized carbons (Fsp3) is 0.136. The summed E-state index contributed by atoms with van der Waals surface area (Å²) in [6.07, 6.45) is 5.10. The number of carbonyl (C=O) groups is 1. The summed E-state index contributed by atoms with van der Waals surface area (Å²) in [6.45, 7) is 3.65. The number of hydrogen-bond acceptors (Lipinski definition) is 5. The number of para-hydroxylation sites is 1. The second kappa shape index (κ2) is 8.31. The first-order chi connectivity index (χ1) is 14.9. The van der Waals surface area contributed by atoms with Crippen molar-refractivity contribution in [2.24, 2.45) is 0 Å². The number of imidazole rings is 1. The molecule has 1 aromatic carbocycles. The van der Waals surface area contributed by atoms with Gasteiger partial charge in [0, 0.05) is 36.9 Å². The van der Waals surface area contributed by atoms with Gasteiger partial charge in [0.05, 0.1) is 0 Å². The average Bonchev–Trinajstić information content (AvgIpc) is 3.19. The van der Waals surface area contributed by atoms with Crippen molar-refractivity contribution in [2.45, 2.75) is 20.4 Å². The van der Waals surface area contributed by atoms with Gasteiger partial charge in [-0.25, -0.2) is 19.0 Å². The van der Waals surface area contributed by atoms with E-state index in [-0.39, 0.29) is 17.9 Å². The Bertz CT molecular complexity index is 1330. The molecular formula is C22H19FN6O2. The van der Waals surface area contributed by atoms with Gasteiger partial charge in [0.2, 0.25) is 5.43 Å². The van der Waals surface area contributed by atoms with Gasteiger partial charge in [0.1, 0.15) is 23.1 Å². The summed E-state index contributed by atoms with van der Waals surface area (Å²) in [6, 6.07) is 10.9. The van der Waals surface area contributed by atoms with Gasteiger partial charge in [-0.1, -0.05) is 12.1 Å². The molecule has 9 heteroatoms. The molecule has 3 aromatic heterocycles. The number of carbonyl (C=O) groups excluding carboxylic acids is 1. The van der Waals surface area contributed by atoms with Crippen molar-refractivity contribution in [2.75, 3.05) is 0 Å². The highest BCUT2D eigenvalue weighted by atomic mass is 19.1. The number of halogens is 1. The summed E-state index contributed by atoms with van der Waals surface area (Å²) in [7, 11) is 0. The SMILES string of the molecule is Cc1nccn1-c1cc(CNC(=O)c2nn(-c3ccccc3F)c(C)cc2=O)ccn1. The third-order valence-corrected chi connectivity index (χ3v) is 4.74. The van der Waals surface area contributed by atoms with E-state index in [0.29, 0.717) is 11.5 Å². The van der Waals surface area contributed by atoms with Gasteiger partial charge in [0.25, 0.3) is 5.91 Å². The van der Waals surface area contributed by atoms with Gasteiger partial charge >= 0.3 is 0 Å². The van der Waals surface area contributed by atoms with Crippen LogP contribution in [-0.2, 0) is 6.54 Å². The zero-order valence-electron chi connectivity index (χ0n) is 16.9. The first-order valence-corrected chi connectivity index (χ1v) is 9.53. The molecule has 0 fully saturated rings. The number of aryl methyl sites for hydroxylation is 2. The van der Waals surface area contributed by atoms with Crippen LogP contribution in [0.2, 0.25) is 0 Å². The number of aromatic nitrogens is 5. The zero-order valence-corrected chi connectivity index (χ0v) is 16.9. The van der Waals surface area contributed by atoms with Gasteiger partial charge in [-0.3, -0.25) is 14.2 Å². The van der Waals surface area contributed by atoms with Crippen molar-refractivity contribution in [3.63, 3.8) is 0 Å². The maximum atomic E-state index is 14.2. The monoisotopic (exact) mass is 418 g/mol. The fourth-order valence-corrected chi connectivity index (χ4v) is 3.16. The minimum Gasteiger partial charge on any atom is -0.346 e. The van der Waals surface area contributed by atoms with E-state index in [2.05, 4.69) is 20.4 Å². The molecule has 0 radical (unpaired) electrons. The molecule has 4 aromatic rings. The summed E-state index contributed by atoms with van der Waals surface area (Å²) >= 11 is 0. The Labute approximate surface area is 177 Å². The molecule has 3 heterocycles. The maximum Gasteiger partial charge on any atom is 0.276 e. The van der Waals surface area contributed by atoms with Crippen LogP contribution in [0.1, 0.15) is 27.6 Å². The number of nitrogens with zero attached hydrogens (tertiary/aromatic N) is 5. The normalized spacial score (nSPS) is 10.8. The molecule has 0 spiro atoms. The Morgan fingerprint density at radius 1 is 1.10 bits per heavy atom. The van der Waals surface area contributed by atoms with Crippen molar-refractivity contribution in [1.82, 2.24) is 29.6 Å². The molecule has 1 N–H and O–H groups in total. The van der Waals surface area contributed by atoms with Gasteiger partial charge in [-0.05, 0) is 43.7 Å². The van der Waals surface area contributed by atoms with Crippen LogP contribution in [0.25, 0.3) is 11.5 Å². The lowest BCUT2D eigenvalue weighted by molar-refractivity contribution is 0.0943. The summed E-state index contributed by atoms with van der Waals surface area (Å²) in [5.74, 6) is 0.294. The first-order valence-electron chi connectivity index (χ1n) is 9.53. The molecule has 0 aliphatic rings. The molecule has 156 valence electrons. The third-order valence-electron chi connectivity index (χ3n) is 4.74. The van der Waals surface area contributed by atoms with Gasteiger partial charge < -0.3 is 5.32 Å². The van der Waals surface area contributed by atoms with Crippen molar-refractivity contribution in [1.29, 1.82) is 0 Å². The zero-order chi connectivity index (χ0) is 22.0. The lowest BCUT2D eigenvalue weighted by atomic mass is 10.2. The molecule has 0 saturated carbocycles. The summed E-state index contributed by atoms with van der Waals surface area (Å²) in [5.41, 5.74) is 0.512. The van der Waals surface area contributed by atoms with E-state index in [0.717, 1.165) is 11.4 Å². The number of nitrogens with one attached hydrogen (secondary N) is 1. The van der Waals surface area contributed by atoms with E-state index >= 15 is 0 Å². The minimum atomic E-state index is -0.646. The minimum absolute atomic E-state index is 0.156. The van der Waals surface area contributed by atoms with E-state index in [1.54, 1.807) is 43.7 Å². The highest BCUT2D eigenvalue weighted by molar-refractivity contribution is 5.92. The maximum absolute atomic E-state index is 14.2. The van der Waals surface area contributed by atoms with Gasteiger partial charge in [-0.2, -0.15) is 5.10 Å². The lowest BCUT2D eigenvalue weighted by Crippen LogP contribution is -2.31. The predicted molar refractivity (Wildman–Crippen MR) is 112 cm³/mol. The van der Waals surface area contributed by atoms with Gasteiger partial charge in [-0.15, -0.1) is 0 Å². The van der Waals surface area contributed by atoms with E-state index < -0.39 is 17.2 Å². The standard InChI is InChI=1S/C22H19FN6O2/c1-14-11-19(30)21(27-29(14)18-6-4-3-5-17(18)23)22(31)26-13-16-7-8-25-20(12-16)28-10-9-24-15(28)2/h3-12H,13H2,1-2H3,(H,26,31). The molecule has 8 nitrogen and oxygen atoms in total. The van der Waals surface area contributed by atoms with E-state index in [9.17, 15) is 14.0 Å². The van der Waals surface area contributed by atoms with Crippen molar-refractivity contribution in [3.8, 4) is 11.5 Å². The van der Waals surface area contributed by atoms with Crippen molar-refractivity contribution in [3.05, 3.63) is 99.9 Å². The topological polar surface area (TPSA) is 94.7 Å². The Morgan fingerprint density at radius 3 is 2.65 bits per heavy atom. The fourth-order valence-electron chi connectivity index (χ4n) is 3.16. The van der Waals surface area contributed by atoms with E-state index in [1.807, 2.05) is 17.6 Å². The van der Waals surface area contributed by atoms with E-state index in [4.69, 9.17) is 0 Å². The van der Waals surface area contributed by atoms with Crippen molar-refractivity contribution < 1.29 is 9.18 Å². The number of amides is 1. The largest absolute Gasteiger partial charge is 0.346 e. The molecule has 4 rings (SSSR count). The van der Waals surface area contributed by atoms with Crippen LogP contribution in [-0.4, -0.2) is 30.2 Å². The lowest BCUT2D eigenvalue weighted by Gasteiger charge is -2.12. The van der Waals surface area contributed by atoms with Crippen LogP contribution in [0.4, 0.5) is 4.39 Å². The van der Waals surface area contributed by atoms with Crippen LogP contribution < -0.4 is 10.7 Å². The average molecular weight is 418 g/mol. The molecule has 0 aliphatic heterocycles. The number of benzene rings is 1. The molecular weight excluding hydrogens is 399 g/mol. The Kier molecular flexibility index (Phi) is 5.40. The van der Waals surface area contributed by atoms with E-state index in [1.165, 1.54) is 22.9 Å². The Morgan fingerprint density at radius 2 is 1.90 bits per heavy atom. The Balaban J connectivity index is 1.57. The molecule has 0 aliphatic carbocycles. The summed E-state index contributed by atoms with van der Waals surface area (Å²) < 4.78 is 17.3. The quantitative estimate of drug-likeness (QED) is 0.537. The van der Waals surface area contributed by atoms with Crippen LogP contribution in [0.3, 0.4) is 0 Å². The number of pyridine rings is 1. The molecule has 0 unspecified atom stereocenters. The predicted octanol–water partition coefficient (Wildman–Crippen LogP) is 2.50. The molecule has 0 saturated heterocycles. The van der Waals surface area contributed by atoms with Crippen LogP contribution in [0, 0.1) is 19.7 Å². The highest BCUT2D eigenvalue weighted by Gasteiger charge is 2.16. The second-order valence-corrected chi connectivity index (χ2v) is 6.91. The number of rotatable bonds is 5. The molecule has 31 heavy (non-hydrogen) atoms. The summed E-state index contributed by atoms with van der Waals surface area (Å²) in [5, 5.41) is 6.81. The van der Waals surface area contributed by atoms with Crippen LogP contribution >= 0.6 is 0 Å². The molecule has 0 atom stereocenters. The second-order valence-electron chi connectivity index (χ2n) is 6.91. The van der Waals surface area contributed by atoms with Gasteiger partial charge in [0.15, 0.2) is 5.69 Å². The smallest absolute Gasteiger partial charge is 0.276 e. The first kappa shape index (κ1) is 20.1. The molecule has 0 bridgehead atoms. The van der Waals surface area contributed by atoms with Crippen LogP contribution in [0.15, 0.2) is 65.8 Å². The molecule has 1 amide bonds. The Hall–Kier alpha value is -4.14. The third kappa shape index (κ3) is 4.11.